The molecule has 180 valence electrons. The minimum Gasteiger partial charge on any atom is -0.438 e. The highest BCUT2D eigenvalue weighted by molar-refractivity contribution is 6.15. The summed E-state index contributed by atoms with van der Waals surface area (Å²) in [6.45, 7) is 3.59. The van der Waals surface area contributed by atoms with Gasteiger partial charge >= 0.3 is 0 Å². The Morgan fingerprint density at radius 2 is 1.97 bits per heavy atom. The molecule has 0 aliphatic carbocycles. The van der Waals surface area contributed by atoms with Crippen molar-refractivity contribution in [2.24, 2.45) is 11.7 Å². The summed E-state index contributed by atoms with van der Waals surface area (Å²) in [6, 6.07) is 6.84. The molecule has 1 amide bonds. The number of hydrogen-bond acceptors (Lipinski definition) is 7. The summed E-state index contributed by atoms with van der Waals surface area (Å²) in [4.78, 5) is 23.8. The smallest absolute Gasteiger partial charge is 0.263 e. The van der Waals surface area contributed by atoms with Crippen molar-refractivity contribution in [2.45, 2.75) is 19.4 Å². The molecule has 5 rings (SSSR count). The number of nitrogens with one attached hydrogen (secondary N) is 1. The van der Waals surface area contributed by atoms with Crippen molar-refractivity contribution in [3.63, 3.8) is 0 Å². The van der Waals surface area contributed by atoms with E-state index in [-0.39, 0.29) is 39.7 Å². The number of halogens is 2. The van der Waals surface area contributed by atoms with Crippen LogP contribution in [0.2, 0.25) is 0 Å². The van der Waals surface area contributed by atoms with Gasteiger partial charge in [0.15, 0.2) is 5.58 Å². The van der Waals surface area contributed by atoms with Gasteiger partial charge in [0, 0.05) is 37.1 Å². The van der Waals surface area contributed by atoms with Gasteiger partial charge in [0.1, 0.15) is 22.7 Å². The van der Waals surface area contributed by atoms with E-state index >= 15 is 0 Å². The number of aromatic nitrogens is 2. The molecule has 35 heavy (non-hydrogen) atoms. The van der Waals surface area contributed by atoms with Crippen LogP contribution < -0.4 is 21.7 Å². The number of fused-ring (bicyclic) bond motifs is 1. The zero-order valence-electron chi connectivity index (χ0n) is 19.0. The monoisotopic (exact) mass is 478 g/mol. The summed E-state index contributed by atoms with van der Waals surface area (Å²) in [5.41, 5.74) is 13.8. The molecule has 0 radical (unpaired) electrons. The maximum atomic E-state index is 14.2. The zero-order chi connectivity index (χ0) is 24.7. The van der Waals surface area contributed by atoms with Crippen LogP contribution in [0.15, 0.2) is 53.3 Å². The van der Waals surface area contributed by atoms with Crippen molar-refractivity contribution in [2.75, 3.05) is 29.0 Å². The van der Waals surface area contributed by atoms with E-state index < -0.39 is 17.5 Å². The van der Waals surface area contributed by atoms with Crippen LogP contribution >= 0.6 is 0 Å². The van der Waals surface area contributed by atoms with Crippen molar-refractivity contribution in [1.82, 2.24) is 9.97 Å². The fourth-order valence-corrected chi connectivity index (χ4v) is 4.67. The number of pyridine rings is 2. The first kappa shape index (κ1) is 22.7. The number of nitrogens with zero attached hydrogens (tertiary/aromatic N) is 3. The van der Waals surface area contributed by atoms with Crippen molar-refractivity contribution >= 4 is 34.3 Å². The molecule has 1 saturated heterocycles. The van der Waals surface area contributed by atoms with E-state index in [0.29, 0.717) is 18.2 Å². The molecule has 1 aliphatic rings. The standard InChI is InChI=1S/C25H24F2N6O2/c1-13-7-15(28)12-33(11-13)19-5-6-30-10-18(19)32-25(34)22-23-20(35-24(22)29)8-14(9-31-23)21-16(26)3-2-4-17(21)27/h2-6,8-10,13,15H,7,11-12,28-29H2,1H3,(H,32,34)/t13-,15+/m1/s1. The van der Waals surface area contributed by atoms with E-state index in [1.807, 2.05) is 6.07 Å². The first-order chi connectivity index (χ1) is 16.8. The third kappa shape index (κ3) is 4.28. The Kier molecular flexibility index (Phi) is 5.81. The number of nitrogen functional groups attached to an aromatic ring is 1. The molecule has 3 aromatic heterocycles. The van der Waals surface area contributed by atoms with Crippen LogP contribution in [0.3, 0.4) is 0 Å². The first-order valence-corrected chi connectivity index (χ1v) is 11.2. The summed E-state index contributed by atoms with van der Waals surface area (Å²) in [7, 11) is 0. The van der Waals surface area contributed by atoms with Crippen LogP contribution in [0.5, 0.6) is 0 Å². The Morgan fingerprint density at radius 3 is 2.71 bits per heavy atom. The minimum atomic E-state index is -0.737. The molecule has 0 bridgehead atoms. The lowest BCUT2D eigenvalue weighted by molar-refractivity contribution is 0.102. The molecule has 4 heterocycles. The fourth-order valence-electron chi connectivity index (χ4n) is 4.67. The number of benzene rings is 1. The van der Waals surface area contributed by atoms with E-state index in [9.17, 15) is 13.6 Å². The largest absolute Gasteiger partial charge is 0.438 e. The number of furan rings is 1. The van der Waals surface area contributed by atoms with E-state index in [0.717, 1.165) is 30.8 Å². The first-order valence-electron chi connectivity index (χ1n) is 11.2. The Hall–Kier alpha value is -4.05. The van der Waals surface area contributed by atoms with Gasteiger partial charge in [0.05, 0.1) is 23.1 Å². The molecule has 8 nitrogen and oxygen atoms in total. The Morgan fingerprint density at radius 1 is 1.20 bits per heavy atom. The Labute approximate surface area is 199 Å². The predicted octanol–water partition coefficient (Wildman–Crippen LogP) is 4.18. The molecule has 0 spiro atoms. The SMILES string of the molecule is C[C@@H]1C[C@H](N)CN(c2ccncc2NC(=O)c2c(N)oc3cc(-c4c(F)cccc4F)cnc23)C1. The van der Waals surface area contributed by atoms with E-state index in [1.165, 1.54) is 18.3 Å². The van der Waals surface area contributed by atoms with Crippen LogP contribution in [0.25, 0.3) is 22.2 Å². The van der Waals surface area contributed by atoms with Gasteiger partial charge in [-0.05, 0) is 36.6 Å². The second kappa shape index (κ2) is 8.95. The minimum absolute atomic E-state index is 0.0269. The van der Waals surface area contributed by atoms with Crippen LogP contribution in [-0.2, 0) is 0 Å². The third-order valence-corrected chi connectivity index (χ3v) is 6.11. The molecule has 1 fully saturated rings. The highest BCUT2D eigenvalue weighted by atomic mass is 19.1. The summed E-state index contributed by atoms with van der Waals surface area (Å²) in [5, 5.41) is 2.85. The van der Waals surface area contributed by atoms with Crippen LogP contribution in [0.1, 0.15) is 23.7 Å². The number of piperidine rings is 1. The number of amides is 1. The number of nitrogens with two attached hydrogens (primary N) is 2. The van der Waals surface area contributed by atoms with Gasteiger partial charge in [-0.15, -0.1) is 0 Å². The van der Waals surface area contributed by atoms with E-state index in [2.05, 4.69) is 27.1 Å². The van der Waals surface area contributed by atoms with Gasteiger partial charge < -0.3 is 26.1 Å². The van der Waals surface area contributed by atoms with Gasteiger partial charge in [-0.25, -0.2) is 8.78 Å². The van der Waals surface area contributed by atoms with Crippen molar-refractivity contribution in [3.8, 4) is 11.1 Å². The Balaban J connectivity index is 1.47. The number of carbonyl (C=O) groups is 1. The average molecular weight is 479 g/mol. The van der Waals surface area contributed by atoms with E-state index in [1.54, 1.807) is 12.4 Å². The lowest BCUT2D eigenvalue weighted by Gasteiger charge is -2.37. The van der Waals surface area contributed by atoms with E-state index in [4.69, 9.17) is 15.9 Å². The van der Waals surface area contributed by atoms with Gasteiger partial charge in [0.2, 0.25) is 5.88 Å². The summed E-state index contributed by atoms with van der Waals surface area (Å²) < 4.78 is 34.0. The van der Waals surface area contributed by atoms with Crippen molar-refractivity contribution in [3.05, 3.63) is 66.1 Å². The maximum absolute atomic E-state index is 14.2. The zero-order valence-corrected chi connectivity index (χ0v) is 19.0. The molecule has 1 aromatic carbocycles. The summed E-state index contributed by atoms with van der Waals surface area (Å²) in [5.74, 6) is -1.77. The molecular formula is C25H24F2N6O2. The molecule has 0 saturated carbocycles. The number of anilines is 3. The lowest BCUT2D eigenvalue weighted by atomic mass is 9.96. The quantitative estimate of drug-likeness (QED) is 0.402. The molecular weight excluding hydrogens is 454 g/mol. The molecule has 4 aromatic rings. The molecule has 10 heteroatoms. The normalized spacial score (nSPS) is 18.1. The third-order valence-electron chi connectivity index (χ3n) is 6.11. The molecule has 2 atom stereocenters. The van der Waals surface area contributed by atoms with Crippen LogP contribution in [-0.4, -0.2) is 35.0 Å². The van der Waals surface area contributed by atoms with Gasteiger partial charge in [0.25, 0.3) is 5.91 Å². The highest BCUT2D eigenvalue weighted by Crippen LogP contribution is 2.34. The van der Waals surface area contributed by atoms with Crippen molar-refractivity contribution in [1.29, 1.82) is 0 Å². The predicted molar refractivity (Wildman–Crippen MR) is 130 cm³/mol. The number of hydrogen-bond donors (Lipinski definition) is 3. The van der Waals surface area contributed by atoms with Gasteiger partial charge in [-0.2, -0.15) is 0 Å². The topological polar surface area (TPSA) is 123 Å². The van der Waals surface area contributed by atoms with Gasteiger partial charge in [-0.1, -0.05) is 13.0 Å². The Bertz CT molecular complexity index is 1390. The highest BCUT2D eigenvalue weighted by Gasteiger charge is 2.26. The fraction of sp³-hybridized carbons (Fsp3) is 0.240. The molecule has 1 aliphatic heterocycles. The number of carbonyl (C=O) groups excluding carboxylic acids is 1. The molecule has 0 unspecified atom stereocenters. The second-order valence-corrected chi connectivity index (χ2v) is 8.86. The summed E-state index contributed by atoms with van der Waals surface area (Å²) in [6.07, 6.45) is 5.43. The number of rotatable bonds is 4. The lowest BCUT2D eigenvalue weighted by Crippen LogP contribution is -2.46. The van der Waals surface area contributed by atoms with Crippen LogP contribution in [0, 0.1) is 17.6 Å². The van der Waals surface area contributed by atoms with Gasteiger partial charge in [-0.3, -0.25) is 14.8 Å². The summed E-state index contributed by atoms with van der Waals surface area (Å²) >= 11 is 0. The molecule has 5 N–H and O–H groups in total. The average Bonchev–Trinajstić information content (AvgIpc) is 3.13. The second-order valence-electron chi connectivity index (χ2n) is 8.86. The van der Waals surface area contributed by atoms with Crippen LogP contribution in [0.4, 0.5) is 26.0 Å². The van der Waals surface area contributed by atoms with Crippen molar-refractivity contribution < 1.29 is 18.0 Å². The maximum Gasteiger partial charge on any atom is 0.263 e.